The van der Waals surface area contributed by atoms with E-state index in [4.69, 9.17) is 5.10 Å². The van der Waals surface area contributed by atoms with Crippen LogP contribution in [0.5, 0.6) is 0 Å². The zero-order chi connectivity index (χ0) is 22.4. The van der Waals surface area contributed by atoms with Gasteiger partial charge in [-0.3, -0.25) is 9.78 Å². The monoisotopic (exact) mass is 436 g/mol. The summed E-state index contributed by atoms with van der Waals surface area (Å²) in [5.41, 5.74) is 1.43. The third-order valence-corrected chi connectivity index (χ3v) is 6.13. The first-order valence-corrected chi connectivity index (χ1v) is 10.5. The lowest BCUT2D eigenvalue weighted by Gasteiger charge is -2.34. The van der Waals surface area contributed by atoms with Gasteiger partial charge in [0.25, 0.3) is 0 Å². The van der Waals surface area contributed by atoms with Crippen LogP contribution in [0, 0.1) is 11.6 Å². The van der Waals surface area contributed by atoms with Gasteiger partial charge in [0.1, 0.15) is 17.5 Å². The molecule has 0 spiro atoms. The first-order chi connectivity index (χ1) is 15.4. The van der Waals surface area contributed by atoms with Gasteiger partial charge in [-0.15, -0.1) is 5.10 Å². The maximum Gasteiger partial charge on any atom is 0.219 e. The molecule has 32 heavy (non-hydrogen) atoms. The number of imidazole rings is 1. The average molecular weight is 436 g/mol. The number of halogens is 2. The van der Waals surface area contributed by atoms with Gasteiger partial charge in [-0.1, -0.05) is 6.92 Å². The topological polar surface area (TPSA) is 66.6 Å². The highest BCUT2D eigenvalue weighted by molar-refractivity contribution is 5.80. The second-order valence-electron chi connectivity index (χ2n) is 8.02. The van der Waals surface area contributed by atoms with E-state index >= 15 is 4.39 Å². The van der Waals surface area contributed by atoms with Crippen molar-refractivity contribution in [3.63, 3.8) is 0 Å². The molecule has 0 unspecified atom stereocenters. The Labute approximate surface area is 183 Å². The van der Waals surface area contributed by atoms with Crippen LogP contribution in [0.15, 0.2) is 42.7 Å². The number of carbonyl (C=O) groups is 1. The molecule has 1 atom stereocenters. The number of carbonyl (C=O) groups excluding carboxylic acids is 1. The molecule has 1 saturated heterocycles. The van der Waals surface area contributed by atoms with Crippen molar-refractivity contribution in [2.45, 2.75) is 19.8 Å². The predicted octanol–water partition coefficient (Wildman–Crippen LogP) is 3.38. The zero-order valence-corrected chi connectivity index (χ0v) is 17.8. The Morgan fingerprint density at radius 1 is 1.09 bits per heavy atom. The summed E-state index contributed by atoms with van der Waals surface area (Å²) in [7, 11) is 0. The van der Waals surface area contributed by atoms with Crippen LogP contribution in [-0.4, -0.2) is 56.6 Å². The summed E-state index contributed by atoms with van der Waals surface area (Å²) in [6, 6.07) is 8.21. The second kappa shape index (κ2) is 7.81. The van der Waals surface area contributed by atoms with Crippen molar-refractivity contribution in [1.29, 1.82) is 0 Å². The molecule has 1 aromatic carbocycles. The van der Waals surface area contributed by atoms with Crippen LogP contribution in [0.1, 0.15) is 31.0 Å². The second-order valence-corrected chi connectivity index (χ2v) is 8.02. The normalized spacial score (nSPS) is 15.5. The molecule has 1 aliphatic heterocycles. The van der Waals surface area contributed by atoms with E-state index in [9.17, 15) is 9.18 Å². The molecule has 1 fully saturated rings. The lowest BCUT2D eigenvalue weighted by atomic mass is 9.95. The molecule has 0 bridgehead atoms. The quantitative estimate of drug-likeness (QED) is 0.493. The van der Waals surface area contributed by atoms with Crippen molar-refractivity contribution in [3.05, 3.63) is 65.6 Å². The highest BCUT2D eigenvalue weighted by Crippen LogP contribution is 2.33. The molecule has 0 radical (unpaired) electrons. The summed E-state index contributed by atoms with van der Waals surface area (Å²) >= 11 is 0. The lowest BCUT2D eigenvalue weighted by Crippen LogP contribution is -2.48. The number of fused-ring (bicyclic) bond motifs is 2. The first kappa shape index (κ1) is 20.3. The van der Waals surface area contributed by atoms with E-state index in [0.29, 0.717) is 37.5 Å². The number of hydrogen-bond acceptors (Lipinski definition) is 5. The summed E-state index contributed by atoms with van der Waals surface area (Å²) in [6.45, 7) is 5.90. The minimum atomic E-state index is -0.646. The van der Waals surface area contributed by atoms with Crippen molar-refractivity contribution in [2.24, 2.45) is 0 Å². The number of piperazine rings is 1. The van der Waals surface area contributed by atoms with E-state index in [1.165, 1.54) is 12.3 Å². The van der Waals surface area contributed by atoms with Gasteiger partial charge in [0.2, 0.25) is 5.91 Å². The molecule has 0 aliphatic carbocycles. The molecule has 164 valence electrons. The standard InChI is InChI=1S/C23H22F2N6O/c1-14(22-17(24)12-18-16(23(22)25)4-3-7-26-18)19-13-27-20-5-6-21(28-31(19)20)30-10-8-29(9-11-30)15(2)32/h3-7,12-14H,8-11H2,1-2H3/t14-/m1/s1. The lowest BCUT2D eigenvalue weighted by molar-refractivity contribution is -0.129. The molecule has 5 rings (SSSR count). The fourth-order valence-electron chi connectivity index (χ4n) is 4.31. The fraction of sp³-hybridized carbons (Fsp3) is 0.304. The Kier molecular flexibility index (Phi) is 4.96. The highest BCUT2D eigenvalue weighted by atomic mass is 19.1. The molecule has 4 heterocycles. The Morgan fingerprint density at radius 3 is 2.62 bits per heavy atom. The number of nitrogens with zero attached hydrogens (tertiary/aromatic N) is 6. The number of amides is 1. The minimum Gasteiger partial charge on any atom is -0.352 e. The fourth-order valence-corrected chi connectivity index (χ4v) is 4.31. The maximum absolute atomic E-state index is 15.3. The predicted molar refractivity (Wildman–Crippen MR) is 117 cm³/mol. The Morgan fingerprint density at radius 2 is 1.88 bits per heavy atom. The van der Waals surface area contributed by atoms with Crippen LogP contribution in [-0.2, 0) is 4.79 Å². The van der Waals surface area contributed by atoms with Gasteiger partial charge in [-0.2, -0.15) is 0 Å². The van der Waals surface area contributed by atoms with Gasteiger partial charge in [-0.25, -0.2) is 18.3 Å². The van der Waals surface area contributed by atoms with E-state index in [1.54, 1.807) is 41.6 Å². The van der Waals surface area contributed by atoms with Crippen molar-refractivity contribution in [1.82, 2.24) is 24.5 Å². The summed E-state index contributed by atoms with van der Waals surface area (Å²) in [5.74, 6) is -1.09. The van der Waals surface area contributed by atoms with Crippen LogP contribution in [0.3, 0.4) is 0 Å². The van der Waals surface area contributed by atoms with Crippen molar-refractivity contribution < 1.29 is 13.6 Å². The van der Waals surface area contributed by atoms with Crippen LogP contribution < -0.4 is 4.90 Å². The zero-order valence-electron chi connectivity index (χ0n) is 17.8. The van der Waals surface area contributed by atoms with Gasteiger partial charge in [-0.05, 0) is 24.3 Å². The largest absolute Gasteiger partial charge is 0.352 e. The van der Waals surface area contributed by atoms with Gasteiger partial charge in [0.05, 0.1) is 17.4 Å². The van der Waals surface area contributed by atoms with Crippen LogP contribution in [0.2, 0.25) is 0 Å². The minimum absolute atomic E-state index is 0.0328. The van der Waals surface area contributed by atoms with E-state index in [0.717, 1.165) is 5.82 Å². The molecule has 0 N–H and O–H groups in total. The summed E-state index contributed by atoms with van der Waals surface area (Å²) in [4.78, 5) is 23.9. The van der Waals surface area contributed by atoms with Crippen molar-refractivity contribution >= 4 is 28.3 Å². The molecule has 1 amide bonds. The SMILES string of the molecule is CC(=O)N1CCN(c2ccc3ncc([C@@H](C)c4c(F)cc5ncccc5c4F)n3n2)CC1. The molecule has 9 heteroatoms. The van der Waals surface area contributed by atoms with E-state index in [-0.39, 0.29) is 22.4 Å². The number of hydrogen-bond donors (Lipinski definition) is 0. The molecule has 3 aromatic heterocycles. The van der Waals surface area contributed by atoms with Crippen molar-refractivity contribution in [3.8, 4) is 0 Å². The third-order valence-electron chi connectivity index (χ3n) is 6.13. The number of anilines is 1. The number of aromatic nitrogens is 4. The van der Waals surface area contributed by atoms with E-state index in [2.05, 4.69) is 14.9 Å². The van der Waals surface area contributed by atoms with Crippen LogP contribution in [0.4, 0.5) is 14.6 Å². The van der Waals surface area contributed by atoms with Crippen LogP contribution in [0.25, 0.3) is 16.6 Å². The number of rotatable bonds is 3. The van der Waals surface area contributed by atoms with Crippen molar-refractivity contribution in [2.75, 3.05) is 31.1 Å². The summed E-state index contributed by atoms with van der Waals surface area (Å²) in [5, 5.41) is 5.00. The molecule has 4 aromatic rings. The number of pyridine rings is 1. The molecule has 0 saturated carbocycles. The Balaban J connectivity index is 1.52. The Bertz CT molecular complexity index is 1330. The molecular weight excluding hydrogens is 414 g/mol. The summed E-state index contributed by atoms with van der Waals surface area (Å²) < 4.78 is 31.8. The van der Waals surface area contributed by atoms with E-state index in [1.807, 2.05) is 12.1 Å². The first-order valence-electron chi connectivity index (χ1n) is 10.5. The van der Waals surface area contributed by atoms with Crippen LogP contribution >= 0.6 is 0 Å². The van der Waals surface area contributed by atoms with E-state index < -0.39 is 17.6 Å². The van der Waals surface area contributed by atoms with Gasteiger partial charge in [0.15, 0.2) is 5.65 Å². The number of benzene rings is 1. The smallest absolute Gasteiger partial charge is 0.219 e. The molecular formula is C23H22F2N6O. The third kappa shape index (κ3) is 3.34. The highest BCUT2D eigenvalue weighted by Gasteiger charge is 2.25. The Hall–Kier alpha value is -3.62. The average Bonchev–Trinajstić information content (AvgIpc) is 3.22. The maximum atomic E-state index is 15.3. The van der Waals surface area contributed by atoms with Gasteiger partial charge >= 0.3 is 0 Å². The van der Waals surface area contributed by atoms with Gasteiger partial charge in [0, 0.05) is 62.2 Å². The van der Waals surface area contributed by atoms with Gasteiger partial charge < -0.3 is 9.80 Å². The molecule has 7 nitrogen and oxygen atoms in total. The molecule has 1 aliphatic rings. The summed E-state index contributed by atoms with van der Waals surface area (Å²) in [6.07, 6.45) is 3.12.